The summed E-state index contributed by atoms with van der Waals surface area (Å²) in [5.74, 6) is -1.43. The van der Waals surface area contributed by atoms with E-state index in [1.165, 1.54) is 6.07 Å². The molecule has 8 heteroatoms. The Morgan fingerprint density at radius 3 is 2.75 bits per heavy atom. The summed E-state index contributed by atoms with van der Waals surface area (Å²) in [4.78, 5) is 33.2. The molecule has 1 fully saturated rings. The smallest absolute Gasteiger partial charge is 0.347 e. The fraction of sp³-hybridized carbons (Fsp3) is 0.333. The zero-order valence-electron chi connectivity index (χ0n) is 10.4. The molecule has 2 unspecified atom stereocenters. The number of hydrogen-bond acceptors (Lipinski definition) is 6. The average Bonchev–Trinajstić information content (AvgIpc) is 2.67. The van der Waals surface area contributed by atoms with Crippen molar-refractivity contribution in [3.8, 4) is 0 Å². The van der Waals surface area contributed by atoms with Gasteiger partial charge in [0.1, 0.15) is 6.10 Å². The third-order valence-corrected chi connectivity index (χ3v) is 3.07. The third-order valence-electron chi connectivity index (χ3n) is 2.76. The Balaban J connectivity index is 2.14. The molecule has 0 aliphatic carbocycles. The van der Waals surface area contributed by atoms with Crippen LogP contribution in [-0.2, 0) is 14.3 Å². The first kappa shape index (κ1) is 14.3. The molecular formula is C12H10ClNO6. The highest BCUT2D eigenvalue weighted by molar-refractivity contribution is 6.33. The van der Waals surface area contributed by atoms with Crippen molar-refractivity contribution in [1.29, 1.82) is 0 Å². The average molecular weight is 300 g/mol. The highest BCUT2D eigenvalue weighted by Gasteiger charge is 2.35. The zero-order chi connectivity index (χ0) is 14.9. The minimum absolute atomic E-state index is 0.0374. The second-order valence-electron chi connectivity index (χ2n) is 4.30. The van der Waals surface area contributed by atoms with Gasteiger partial charge in [0.25, 0.3) is 5.69 Å². The van der Waals surface area contributed by atoms with E-state index in [4.69, 9.17) is 21.1 Å². The molecule has 0 amide bonds. The van der Waals surface area contributed by atoms with Gasteiger partial charge in [0, 0.05) is 18.6 Å². The van der Waals surface area contributed by atoms with Crippen LogP contribution in [0.5, 0.6) is 0 Å². The molecule has 1 heterocycles. The SMILES string of the molecule is CC1CC(OC(=O)c2ccc([N+](=O)[O-])cc2Cl)C(=O)O1. The van der Waals surface area contributed by atoms with E-state index >= 15 is 0 Å². The van der Waals surface area contributed by atoms with Crippen LogP contribution in [0.25, 0.3) is 0 Å². The van der Waals surface area contributed by atoms with E-state index in [1.54, 1.807) is 6.92 Å². The van der Waals surface area contributed by atoms with Crippen LogP contribution in [0.15, 0.2) is 18.2 Å². The molecule has 7 nitrogen and oxygen atoms in total. The molecule has 0 spiro atoms. The van der Waals surface area contributed by atoms with E-state index in [1.807, 2.05) is 0 Å². The number of benzene rings is 1. The van der Waals surface area contributed by atoms with Gasteiger partial charge in [-0.15, -0.1) is 0 Å². The molecule has 0 radical (unpaired) electrons. The number of ether oxygens (including phenoxy) is 2. The molecule has 0 saturated carbocycles. The van der Waals surface area contributed by atoms with E-state index < -0.39 is 23.0 Å². The topological polar surface area (TPSA) is 95.7 Å². The molecule has 106 valence electrons. The Morgan fingerprint density at radius 2 is 2.25 bits per heavy atom. The molecule has 0 bridgehead atoms. The predicted octanol–water partition coefficient (Wildman–Crippen LogP) is 2.11. The number of hydrogen-bond donors (Lipinski definition) is 0. The second-order valence-corrected chi connectivity index (χ2v) is 4.71. The minimum Gasteiger partial charge on any atom is -0.460 e. The van der Waals surface area contributed by atoms with Crippen molar-refractivity contribution in [3.63, 3.8) is 0 Å². The van der Waals surface area contributed by atoms with E-state index in [2.05, 4.69) is 0 Å². The van der Waals surface area contributed by atoms with Crippen molar-refractivity contribution in [3.05, 3.63) is 38.9 Å². The van der Waals surface area contributed by atoms with Gasteiger partial charge in [-0.3, -0.25) is 10.1 Å². The first-order valence-corrected chi connectivity index (χ1v) is 6.11. The molecule has 0 N–H and O–H groups in total. The largest absolute Gasteiger partial charge is 0.460 e. The summed E-state index contributed by atoms with van der Waals surface area (Å²) in [7, 11) is 0. The van der Waals surface area contributed by atoms with Crippen molar-refractivity contribution in [2.24, 2.45) is 0 Å². The lowest BCUT2D eigenvalue weighted by atomic mass is 10.2. The summed E-state index contributed by atoms with van der Waals surface area (Å²) < 4.78 is 9.85. The number of nitro benzene ring substituents is 1. The molecule has 1 aliphatic rings. The maximum absolute atomic E-state index is 11.9. The maximum Gasteiger partial charge on any atom is 0.347 e. The van der Waals surface area contributed by atoms with Crippen LogP contribution < -0.4 is 0 Å². The summed E-state index contributed by atoms with van der Waals surface area (Å²) in [6.07, 6.45) is -1.01. The Morgan fingerprint density at radius 1 is 1.55 bits per heavy atom. The van der Waals surface area contributed by atoms with Crippen molar-refractivity contribution >= 4 is 29.2 Å². The first-order valence-electron chi connectivity index (χ1n) is 5.74. The van der Waals surface area contributed by atoms with Crippen LogP contribution in [0.3, 0.4) is 0 Å². The zero-order valence-corrected chi connectivity index (χ0v) is 11.1. The lowest BCUT2D eigenvalue weighted by Gasteiger charge is -2.09. The number of nitro groups is 1. The molecule has 2 rings (SSSR count). The molecule has 1 saturated heterocycles. The number of carbonyl (C=O) groups is 2. The van der Waals surface area contributed by atoms with Gasteiger partial charge in [-0.1, -0.05) is 11.6 Å². The Hall–Kier alpha value is -2.15. The lowest BCUT2D eigenvalue weighted by molar-refractivity contribution is -0.384. The summed E-state index contributed by atoms with van der Waals surface area (Å²) >= 11 is 5.80. The highest BCUT2D eigenvalue weighted by Crippen LogP contribution is 2.25. The van der Waals surface area contributed by atoms with Gasteiger partial charge in [0.05, 0.1) is 15.5 Å². The van der Waals surface area contributed by atoms with Crippen LogP contribution in [0.1, 0.15) is 23.7 Å². The number of rotatable bonds is 3. The van der Waals surface area contributed by atoms with E-state index in [0.717, 1.165) is 12.1 Å². The van der Waals surface area contributed by atoms with Gasteiger partial charge in [0.2, 0.25) is 6.10 Å². The highest BCUT2D eigenvalue weighted by atomic mass is 35.5. The summed E-state index contributed by atoms with van der Waals surface area (Å²) in [6, 6.07) is 3.37. The van der Waals surface area contributed by atoms with Gasteiger partial charge in [-0.05, 0) is 13.0 Å². The first-order chi connectivity index (χ1) is 9.38. The molecule has 20 heavy (non-hydrogen) atoms. The molecule has 2 atom stereocenters. The van der Waals surface area contributed by atoms with Crippen molar-refractivity contribution < 1.29 is 24.0 Å². The Kier molecular flexibility index (Phi) is 3.89. The van der Waals surface area contributed by atoms with Crippen molar-refractivity contribution in [2.75, 3.05) is 0 Å². The number of carbonyl (C=O) groups excluding carboxylic acids is 2. The number of nitrogens with zero attached hydrogens (tertiary/aromatic N) is 1. The van der Waals surface area contributed by atoms with E-state index in [0.29, 0.717) is 0 Å². The number of esters is 2. The Bertz CT molecular complexity index is 587. The van der Waals surface area contributed by atoms with E-state index in [9.17, 15) is 19.7 Å². The predicted molar refractivity (Wildman–Crippen MR) is 67.5 cm³/mol. The molecule has 0 aromatic heterocycles. The van der Waals surface area contributed by atoms with Crippen LogP contribution in [0, 0.1) is 10.1 Å². The number of halogens is 1. The standard InChI is InChI=1S/C12H10ClNO6/c1-6-4-10(12(16)19-6)20-11(15)8-3-2-7(14(17)18)5-9(8)13/h2-3,5-6,10H,4H2,1H3. The van der Waals surface area contributed by atoms with Gasteiger partial charge >= 0.3 is 11.9 Å². The monoisotopic (exact) mass is 299 g/mol. The number of non-ortho nitro benzene ring substituents is 1. The Labute approximate surface area is 118 Å². The quantitative estimate of drug-likeness (QED) is 0.482. The van der Waals surface area contributed by atoms with E-state index in [-0.39, 0.29) is 28.8 Å². The summed E-state index contributed by atoms with van der Waals surface area (Å²) in [5.41, 5.74) is -0.273. The summed E-state index contributed by atoms with van der Waals surface area (Å²) in [5, 5.41) is 10.5. The normalized spacial score (nSPS) is 21.4. The minimum atomic E-state index is -0.969. The van der Waals surface area contributed by atoms with Crippen LogP contribution >= 0.6 is 11.6 Å². The molecule has 1 aliphatic heterocycles. The van der Waals surface area contributed by atoms with Crippen molar-refractivity contribution in [1.82, 2.24) is 0 Å². The molecule has 1 aromatic carbocycles. The van der Waals surface area contributed by atoms with Gasteiger partial charge in [0.15, 0.2) is 0 Å². The van der Waals surface area contributed by atoms with Gasteiger partial charge in [-0.25, -0.2) is 9.59 Å². The fourth-order valence-corrected chi connectivity index (χ4v) is 2.04. The fourth-order valence-electron chi connectivity index (χ4n) is 1.79. The van der Waals surface area contributed by atoms with Crippen LogP contribution in [0.2, 0.25) is 5.02 Å². The number of cyclic esters (lactones) is 1. The third kappa shape index (κ3) is 2.88. The second kappa shape index (κ2) is 5.46. The molecule has 1 aromatic rings. The van der Waals surface area contributed by atoms with Crippen LogP contribution in [0.4, 0.5) is 5.69 Å². The maximum atomic E-state index is 11.9. The van der Waals surface area contributed by atoms with Gasteiger partial charge in [-0.2, -0.15) is 0 Å². The van der Waals surface area contributed by atoms with Gasteiger partial charge < -0.3 is 9.47 Å². The lowest BCUT2D eigenvalue weighted by Crippen LogP contribution is -2.22. The van der Waals surface area contributed by atoms with Crippen LogP contribution in [-0.4, -0.2) is 29.1 Å². The summed E-state index contributed by atoms with van der Waals surface area (Å²) in [6.45, 7) is 1.69. The molecular weight excluding hydrogens is 290 g/mol. The van der Waals surface area contributed by atoms with Crippen molar-refractivity contribution in [2.45, 2.75) is 25.6 Å².